The summed E-state index contributed by atoms with van der Waals surface area (Å²) in [6.07, 6.45) is 3.27. The monoisotopic (exact) mass is 576 g/mol. The molecule has 43 heavy (non-hydrogen) atoms. The summed E-state index contributed by atoms with van der Waals surface area (Å²) < 4.78 is 5.02. The summed E-state index contributed by atoms with van der Waals surface area (Å²) in [6, 6.07) is 38.0. The van der Waals surface area contributed by atoms with E-state index < -0.39 is 0 Å². The number of ether oxygens (including phenoxy) is 1. The predicted octanol–water partition coefficient (Wildman–Crippen LogP) is 7.23. The summed E-state index contributed by atoms with van der Waals surface area (Å²) in [7, 11) is 0. The fraction of sp³-hybridized carbons (Fsp3) is 0.316. The zero-order chi connectivity index (χ0) is 30.6. The average Bonchev–Trinajstić information content (AvgIpc) is 3.35. The molecule has 0 aliphatic carbocycles. The lowest BCUT2D eigenvalue weighted by Gasteiger charge is -2.16. The van der Waals surface area contributed by atoms with E-state index in [0.717, 1.165) is 19.3 Å². The van der Waals surface area contributed by atoms with E-state index in [9.17, 15) is 9.59 Å². The second kappa shape index (κ2) is 15.9. The summed E-state index contributed by atoms with van der Waals surface area (Å²) in [5.74, 6) is 0.0235. The van der Waals surface area contributed by atoms with Gasteiger partial charge in [-0.3, -0.25) is 9.59 Å². The van der Waals surface area contributed by atoms with Crippen molar-refractivity contribution in [1.82, 2.24) is 5.32 Å². The van der Waals surface area contributed by atoms with Crippen molar-refractivity contribution in [3.8, 4) is 22.3 Å². The third-order valence-corrected chi connectivity index (χ3v) is 7.88. The fourth-order valence-corrected chi connectivity index (χ4v) is 5.50. The van der Waals surface area contributed by atoms with Crippen molar-refractivity contribution in [3.05, 3.63) is 120 Å². The molecule has 1 amide bonds. The molecule has 0 saturated carbocycles. The van der Waals surface area contributed by atoms with E-state index in [2.05, 4.69) is 90.2 Å². The molecule has 0 aromatic heterocycles. The standard InChI is InChI=1S/C20H25NO2.C18H19NO/c1-3-23-20(22)15(2)13-19(21)14-16-9-11-18(12-10-16)17-7-5-4-6-8-17;1-13-11-17(19-18(13)20)12-14-7-9-16(10-8-14)15-5-3-2-4-6-15/h4-12,15,19H,3,13-14,21H2,1-2H3;2-10,13,17H,11-12H2,1H3,(H,19,20)/t15-,19?;13?,17-/m10/s1. The van der Waals surface area contributed by atoms with E-state index in [1.165, 1.54) is 33.4 Å². The highest BCUT2D eigenvalue weighted by molar-refractivity contribution is 5.80. The predicted molar refractivity (Wildman–Crippen MR) is 175 cm³/mol. The van der Waals surface area contributed by atoms with Crippen LogP contribution in [0.5, 0.6) is 0 Å². The lowest BCUT2D eigenvalue weighted by atomic mass is 9.95. The van der Waals surface area contributed by atoms with Gasteiger partial charge < -0.3 is 15.8 Å². The van der Waals surface area contributed by atoms with Crippen LogP contribution in [0.3, 0.4) is 0 Å². The number of hydrogen-bond acceptors (Lipinski definition) is 4. The largest absolute Gasteiger partial charge is 0.466 e. The van der Waals surface area contributed by atoms with Gasteiger partial charge in [-0.1, -0.05) is 123 Å². The van der Waals surface area contributed by atoms with E-state index in [1.54, 1.807) is 0 Å². The highest BCUT2D eigenvalue weighted by Gasteiger charge is 2.28. The van der Waals surface area contributed by atoms with E-state index in [-0.39, 0.29) is 29.8 Å². The molecule has 1 heterocycles. The molecule has 4 aromatic carbocycles. The Balaban J connectivity index is 0.000000198. The minimum absolute atomic E-state index is 0.0445. The van der Waals surface area contributed by atoms with Gasteiger partial charge in [0.15, 0.2) is 0 Å². The molecule has 224 valence electrons. The van der Waals surface area contributed by atoms with E-state index in [4.69, 9.17) is 10.5 Å². The normalized spacial score (nSPS) is 17.3. The molecule has 3 N–H and O–H groups in total. The maximum absolute atomic E-state index is 11.7. The maximum atomic E-state index is 11.7. The summed E-state index contributed by atoms with van der Waals surface area (Å²) in [4.78, 5) is 23.2. The first kappa shape index (κ1) is 31.7. The molecule has 5 heteroatoms. The van der Waals surface area contributed by atoms with Gasteiger partial charge in [-0.15, -0.1) is 0 Å². The van der Waals surface area contributed by atoms with Crippen LogP contribution < -0.4 is 11.1 Å². The summed E-state index contributed by atoms with van der Waals surface area (Å²) in [5, 5.41) is 3.06. The topological polar surface area (TPSA) is 81.4 Å². The van der Waals surface area contributed by atoms with Gasteiger partial charge in [0.25, 0.3) is 0 Å². The molecule has 4 aromatic rings. The number of esters is 1. The average molecular weight is 577 g/mol. The molecule has 1 fully saturated rings. The van der Waals surface area contributed by atoms with Crippen LogP contribution in [0.25, 0.3) is 22.3 Å². The fourth-order valence-electron chi connectivity index (χ4n) is 5.50. The number of carbonyl (C=O) groups is 2. The quantitative estimate of drug-likeness (QED) is 0.195. The Morgan fingerprint density at radius 3 is 1.77 bits per heavy atom. The Hall–Kier alpha value is -4.22. The van der Waals surface area contributed by atoms with Crippen LogP contribution in [0, 0.1) is 11.8 Å². The van der Waals surface area contributed by atoms with Gasteiger partial charge >= 0.3 is 5.97 Å². The zero-order valence-corrected chi connectivity index (χ0v) is 25.5. The van der Waals surface area contributed by atoms with E-state index >= 15 is 0 Å². The summed E-state index contributed by atoms with van der Waals surface area (Å²) >= 11 is 0. The van der Waals surface area contributed by atoms with Crippen LogP contribution >= 0.6 is 0 Å². The van der Waals surface area contributed by atoms with Crippen molar-refractivity contribution >= 4 is 11.9 Å². The van der Waals surface area contributed by atoms with Crippen molar-refractivity contribution in [2.45, 2.75) is 58.5 Å². The molecule has 0 spiro atoms. The molecular weight excluding hydrogens is 532 g/mol. The van der Waals surface area contributed by atoms with Crippen LogP contribution in [-0.2, 0) is 27.2 Å². The van der Waals surface area contributed by atoms with Crippen molar-refractivity contribution in [2.75, 3.05) is 6.61 Å². The van der Waals surface area contributed by atoms with E-state index in [0.29, 0.717) is 19.1 Å². The lowest BCUT2D eigenvalue weighted by Crippen LogP contribution is -2.29. The number of carbonyl (C=O) groups excluding carboxylic acids is 2. The third kappa shape index (κ3) is 9.65. The SMILES string of the molecule is CC1C[C@@H](Cc2ccc(-c3ccccc3)cc2)NC1=O.CCOC(=O)[C@H](C)CC(N)Cc1ccc(-c2ccccc2)cc1. The molecule has 0 bridgehead atoms. The molecule has 1 saturated heterocycles. The minimum Gasteiger partial charge on any atom is -0.466 e. The first-order chi connectivity index (χ1) is 20.8. The van der Waals surface area contributed by atoms with Gasteiger partial charge in [0.1, 0.15) is 0 Å². The van der Waals surface area contributed by atoms with Crippen molar-refractivity contribution in [3.63, 3.8) is 0 Å². The minimum atomic E-state index is -0.164. The molecule has 5 rings (SSSR count). The molecule has 4 atom stereocenters. The van der Waals surface area contributed by atoms with Crippen LogP contribution in [0.4, 0.5) is 0 Å². The van der Waals surface area contributed by atoms with Gasteiger partial charge in [-0.25, -0.2) is 0 Å². The molecule has 1 aliphatic rings. The third-order valence-electron chi connectivity index (χ3n) is 7.88. The molecule has 1 aliphatic heterocycles. The molecule has 5 nitrogen and oxygen atoms in total. The van der Waals surface area contributed by atoms with E-state index in [1.807, 2.05) is 45.0 Å². The number of amides is 1. The number of benzene rings is 4. The molecular formula is C38H44N2O3. The molecule has 2 unspecified atom stereocenters. The Kier molecular flexibility index (Phi) is 11.7. The van der Waals surface area contributed by atoms with Crippen molar-refractivity contribution < 1.29 is 14.3 Å². The number of rotatable bonds is 10. The van der Waals surface area contributed by atoms with Crippen LogP contribution in [0.2, 0.25) is 0 Å². The van der Waals surface area contributed by atoms with Gasteiger partial charge in [-0.05, 0) is 66.0 Å². The Morgan fingerprint density at radius 1 is 0.814 bits per heavy atom. The van der Waals surface area contributed by atoms with Gasteiger partial charge in [0.05, 0.1) is 12.5 Å². The van der Waals surface area contributed by atoms with Gasteiger partial charge in [0, 0.05) is 18.0 Å². The van der Waals surface area contributed by atoms with Crippen LogP contribution in [-0.4, -0.2) is 30.6 Å². The number of nitrogens with one attached hydrogen (secondary N) is 1. The maximum Gasteiger partial charge on any atom is 0.308 e. The Morgan fingerprint density at radius 2 is 1.30 bits per heavy atom. The lowest BCUT2D eigenvalue weighted by molar-refractivity contribution is -0.147. The van der Waals surface area contributed by atoms with Crippen LogP contribution in [0.15, 0.2) is 109 Å². The van der Waals surface area contributed by atoms with Gasteiger partial charge in [-0.2, -0.15) is 0 Å². The number of hydrogen-bond donors (Lipinski definition) is 2. The van der Waals surface area contributed by atoms with Crippen molar-refractivity contribution in [2.24, 2.45) is 17.6 Å². The first-order valence-corrected chi connectivity index (χ1v) is 15.3. The highest BCUT2D eigenvalue weighted by atomic mass is 16.5. The van der Waals surface area contributed by atoms with Crippen molar-refractivity contribution in [1.29, 1.82) is 0 Å². The summed E-state index contributed by atoms with van der Waals surface area (Å²) in [6.45, 7) is 6.10. The van der Waals surface area contributed by atoms with Crippen LogP contribution in [0.1, 0.15) is 44.7 Å². The summed E-state index contributed by atoms with van der Waals surface area (Å²) in [5.41, 5.74) is 13.5. The smallest absolute Gasteiger partial charge is 0.308 e. The Labute approximate surface area is 256 Å². The zero-order valence-electron chi connectivity index (χ0n) is 25.5. The first-order valence-electron chi connectivity index (χ1n) is 15.3. The number of nitrogens with two attached hydrogens (primary N) is 1. The van der Waals surface area contributed by atoms with Gasteiger partial charge in [0.2, 0.25) is 5.91 Å². The molecule has 0 radical (unpaired) electrons. The second-order valence-corrected chi connectivity index (χ2v) is 11.5. The highest BCUT2D eigenvalue weighted by Crippen LogP contribution is 2.23. The Bertz CT molecular complexity index is 1420. The second-order valence-electron chi connectivity index (χ2n) is 11.5.